The van der Waals surface area contributed by atoms with E-state index < -0.39 is 5.97 Å². The number of carbonyl (C=O) groups is 2. The molecule has 7 heteroatoms. The van der Waals surface area contributed by atoms with Gasteiger partial charge in [0.25, 0.3) is 5.91 Å². The van der Waals surface area contributed by atoms with Crippen molar-refractivity contribution in [3.63, 3.8) is 0 Å². The lowest BCUT2D eigenvalue weighted by Gasteiger charge is -2.42. The Labute approximate surface area is 187 Å². The van der Waals surface area contributed by atoms with Gasteiger partial charge in [-0.25, -0.2) is 9.78 Å². The standard InChI is InChI=1S/C25H26N4O3/c1-17-7-6-10-21(13-17)29-12-11-28(16-18(29)2)23-22(25(31)32)14-20(15-26-23)27-24(30)19-8-4-3-5-9-19/h3-10,13-15,18H,11-12,16H2,1-2H3,(H,27,30)(H,31,32)/t18-/m0/s1. The molecule has 0 radical (unpaired) electrons. The fourth-order valence-electron chi connectivity index (χ4n) is 4.07. The number of piperazine rings is 1. The van der Waals surface area contributed by atoms with Crippen LogP contribution in [0.2, 0.25) is 0 Å². The van der Waals surface area contributed by atoms with Crippen molar-refractivity contribution < 1.29 is 14.7 Å². The minimum Gasteiger partial charge on any atom is -0.478 e. The van der Waals surface area contributed by atoms with E-state index in [1.807, 2.05) is 11.0 Å². The molecule has 0 aliphatic carbocycles. The fourth-order valence-corrected chi connectivity index (χ4v) is 4.07. The van der Waals surface area contributed by atoms with Crippen LogP contribution in [-0.2, 0) is 0 Å². The first kappa shape index (κ1) is 21.4. The number of aromatic nitrogens is 1. The topological polar surface area (TPSA) is 85.8 Å². The van der Waals surface area contributed by atoms with E-state index in [1.54, 1.807) is 24.3 Å². The van der Waals surface area contributed by atoms with E-state index in [9.17, 15) is 14.7 Å². The van der Waals surface area contributed by atoms with Gasteiger partial charge >= 0.3 is 5.97 Å². The Morgan fingerprint density at radius 1 is 1.06 bits per heavy atom. The third-order valence-corrected chi connectivity index (χ3v) is 5.65. The van der Waals surface area contributed by atoms with Crippen molar-refractivity contribution >= 4 is 29.1 Å². The molecule has 0 bridgehead atoms. The average Bonchev–Trinajstić information content (AvgIpc) is 2.79. The summed E-state index contributed by atoms with van der Waals surface area (Å²) in [6.07, 6.45) is 1.51. The van der Waals surface area contributed by atoms with Gasteiger partial charge in [-0.1, -0.05) is 30.3 Å². The van der Waals surface area contributed by atoms with Crippen LogP contribution in [0.25, 0.3) is 0 Å². The molecule has 1 amide bonds. The Bertz CT molecular complexity index is 1130. The zero-order chi connectivity index (χ0) is 22.7. The van der Waals surface area contributed by atoms with Crippen molar-refractivity contribution in [1.82, 2.24) is 4.98 Å². The first-order valence-corrected chi connectivity index (χ1v) is 10.6. The number of amides is 1. The molecule has 7 nitrogen and oxygen atoms in total. The summed E-state index contributed by atoms with van der Waals surface area (Å²) in [6.45, 7) is 6.27. The maximum atomic E-state index is 12.4. The molecule has 1 aromatic heterocycles. The van der Waals surface area contributed by atoms with Crippen LogP contribution >= 0.6 is 0 Å². The highest BCUT2D eigenvalue weighted by molar-refractivity contribution is 6.05. The highest BCUT2D eigenvalue weighted by Gasteiger charge is 2.28. The number of aromatic carboxylic acids is 1. The van der Waals surface area contributed by atoms with Gasteiger partial charge in [-0.3, -0.25) is 4.79 Å². The second kappa shape index (κ2) is 9.09. The van der Waals surface area contributed by atoms with E-state index in [-0.39, 0.29) is 17.5 Å². The van der Waals surface area contributed by atoms with E-state index in [0.717, 1.165) is 6.54 Å². The highest BCUT2D eigenvalue weighted by Crippen LogP contribution is 2.27. The molecule has 164 valence electrons. The lowest BCUT2D eigenvalue weighted by Crippen LogP contribution is -2.52. The SMILES string of the molecule is Cc1cccc(N2CCN(c3ncc(NC(=O)c4ccccc4)cc3C(=O)O)C[C@@H]2C)c1. The second-order valence-electron chi connectivity index (χ2n) is 8.05. The minimum atomic E-state index is -1.07. The predicted octanol–water partition coefficient (Wildman–Crippen LogP) is 4.06. The molecule has 1 aliphatic rings. The van der Waals surface area contributed by atoms with Gasteiger partial charge in [0.2, 0.25) is 0 Å². The van der Waals surface area contributed by atoms with E-state index in [1.165, 1.54) is 23.5 Å². The van der Waals surface area contributed by atoms with Gasteiger partial charge in [0.1, 0.15) is 11.4 Å². The van der Waals surface area contributed by atoms with Crippen LogP contribution in [0, 0.1) is 6.92 Å². The number of rotatable bonds is 5. The molecule has 4 rings (SSSR count). The number of hydrogen-bond donors (Lipinski definition) is 2. The van der Waals surface area contributed by atoms with Crippen LogP contribution in [0.5, 0.6) is 0 Å². The van der Waals surface area contributed by atoms with Crippen LogP contribution < -0.4 is 15.1 Å². The number of carboxylic acid groups (broad SMARTS) is 1. The number of hydrogen-bond acceptors (Lipinski definition) is 5. The molecule has 0 saturated carbocycles. The van der Waals surface area contributed by atoms with Gasteiger partial charge in [-0.2, -0.15) is 0 Å². The molecule has 0 spiro atoms. The average molecular weight is 431 g/mol. The minimum absolute atomic E-state index is 0.0760. The zero-order valence-electron chi connectivity index (χ0n) is 18.2. The molecule has 2 N–H and O–H groups in total. The summed E-state index contributed by atoms with van der Waals surface area (Å²) >= 11 is 0. The van der Waals surface area contributed by atoms with Crippen molar-refractivity contribution in [2.24, 2.45) is 0 Å². The molecule has 3 aromatic rings. The lowest BCUT2D eigenvalue weighted by atomic mass is 10.1. The summed E-state index contributed by atoms with van der Waals surface area (Å²) < 4.78 is 0. The molecule has 1 fully saturated rings. The first-order valence-electron chi connectivity index (χ1n) is 10.6. The summed E-state index contributed by atoms with van der Waals surface area (Å²) in [5.41, 5.74) is 3.30. The lowest BCUT2D eigenvalue weighted by molar-refractivity contribution is 0.0696. The normalized spacial score (nSPS) is 16.0. The summed E-state index contributed by atoms with van der Waals surface area (Å²) in [4.78, 5) is 33.2. The molecular weight excluding hydrogens is 404 g/mol. The summed E-state index contributed by atoms with van der Waals surface area (Å²) in [7, 11) is 0. The quantitative estimate of drug-likeness (QED) is 0.635. The highest BCUT2D eigenvalue weighted by atomic mass is 16.4. The van der Waals surface area contributed by atoms with E-state index in [4.69, 9.17) is 0 Å². The molecule has 1 aliphatic heterocycles. The molecule has 0 unspecified atom stereocenters. The Balaban J connectivity index is 1.52. The van der Waals surface area contributed by atoms with Crippen LogP contribution in [-0.4, -0.2) is 47.6 Å². The maximum absolute atomic E-state index is 12.4. The monoisotopic (exact) mass is 430 g/mol. The molecule has 32 heavy (non-hydrogen) atoms. The summed E-state index contributed by atoms with van der Waals surface area (Å²) in [6, 6.07) is 18.8. The van der Waals surface area contributed by atoms with Gasteiger partial charge in [0, 0.05) is 36.9 Å². The number of anilines is 3. The van der Waals surface area contributed by atoms with Gasteiger partial charge in [0.15, 0.2) is 0 Å². The van der Waals surface area contributed by atoms with Crippen molar-refractivity contribution in [2.45, 2.75) is 19.9 Å². The summed E-state index contributed by atoms with van der Waals surface area (Å²) in [5, 5.41) is 12.5. The largest absolute Gasteiger partial charge is 0.478 e. The number of pyridine rings is 1. The van der Waals surface area contributed by atoms with Crippen molar-refractivity contribution in [3.05, 3.63) is 83.6 Å². The molecule has 2 heterocycles. The smallest absolute Gasteiger partial charge is 0.339 e. The zero-order valence-corrected chi connectivity index (χ0v) is 18.2. The summed E-state index contributed by atoms with van der Waals surface area (Å²) in [5.74, 6) is -0.958. The number of nitrogens with one attached hydrogen (secondary N) is 1. The number of carbonyl (C=O) groups excluding carboxylic acids is 1. The van der Waals surface area contributed by atoms with Gasteiger partial charge < -0.3 is 20.2 Å². The van der Waals surface area contributed by atoms with Gasteiger partial charge in [-0.05, 0) is 49.7 Å². The predicted molar refractivity (Wildman–Crippen MR) is 126 cm³/mol. The molecule has 1 atom stereocenters. The number of nitrogens with zero attached hydrogens (tertiary/aromatic N) is 3. The van der Waals surface area contributed by atoms with Crippen LogP contribution in [0.1, 0.15) is 33.2 Å². The molecular formula is C25H26N4O3. The van der Waals surface area contributed by atoms with Crippen LogP contribution in [0.3, 0.4) is 0 Å². The number of carboxylic acids is 1. The van der Waals surface area contributed by atoms with E-state index >= 15 is 0 Å². The van der Waals surface area contributed by atoms with E-state index in [0.29, 0.717) is 30.2 Å². The fraction of sp³-hybridized carbons (Fsp3) is 0.240. The molecule has 1 saturated heterocycles. The third kappa shape index (κ3) is 4.56. The number of benzene rings is 2. The first-order chi connectivity index (χ1) is 15.4. The van der Waals surface area contributed by atoms with Crippen molar-refractivity contribution in [3.8, 4) is 0 Å². The van der Waals surface area contributed by atoms with Gasteiger partial charge in [-0.15, -0.1) is 0 Å². The van der Waals surface area contributed by atoms with Crippen LogP contribution in [0.15, 0.2) is 66.9 Å². The third-order valence-electron chi connectivity index (χ3n) is 5.65. The Hall–Kier alpha value is -3.87. The Kier molecular flexibility index (Phi) is 6.07. The second-order valence-corrected chi connectivity index (χ2v) is 8.05. The molecule has 2 aromatic carbocycles. The number of aryl methyl sites for hydroxylation is 1. The van der Waals surface area contributed by atoms with Crippen molar-refractivity contribution in [2.75, 3.05) is 34.8 Å². The maximum Gasteiger partial charge on any atom is 0.339 e. The van der Waals surface area contributed by atoms with E-state index in [2.05, 4.69) is 53.3 Å². The van der Waals surface area contributed by atoms with Crippen molar-refractivity contribution in [1.29, 1.82) is 0 Å². The van der Waals surface area contributed by atoms with Crippen LogP contribution in [0.4, 0.5) is 17.2 Å². The Morgan fingerprint density at radius 2 is 1.84 bits per heavy atom. The Morgan fingerprint density at radius 3 is 2.53 bits per heavy atom. The van der Waals surface area contributed by atoms with Gasteiger partial charge in [0.05, 0.1) is 11.9 Å².